The van der Waals surface area contributed by atoms with Gasteiger partial charge in [-0.2, -0.15) is 0 Å². The van der Waals surface area contributed by atoms with Crippen LogP contribution in [0.2, 0.25) is 17.0 Å². The van der Waals surface area contributed by atoms with Gasteiger partial charge in [0, 0.05) is 0 Å². The summed E-state index contributed by atoms with van der Waals surface area (Å²) in [6, 6.07) is 31.7. The van der Waals surface area contributed by atoms with Crippen LogP contribution in [0, 0.1) is 0 Å². The second-order valence-corrected chi connectivity index (χ2v) is 28.3. The molecule has 0 aromatic heterocycles. The molecule has 1 fully saturated rings. The normalized spacial score (nSPS) is 28.5. The number of benzene rings is 5. The Morgan fingerprint density at radius 2 is 1.05 bits per heavy atom. The van der Waals surface area contributed by atoms with Gasteiger partial charge in [0.05, 0.1) is 0 Å². The van der Waals surface area contributed by atoms with Gasteiger partial charge in [-0.25, -0.2) is 0 Å². The quantitative estimate of drug-likeness (QED) is 0.167. The molecule has 1 saturated heterocycles. The molecule has 1 aliphatic heterocycles. The van der Waals surface area contributed by atoms with E-state index >= 15 is 0 Å². The molecule has 4 aliphatic carbocycles. The van der Waals surface area contributed by atoms with Crippen molar-refractivity contribution in [2.24, 2.45) is 0 Å². The summed E-state index contributed by atoms with van der Waals surface area (Å²) in [6.07, 6.45) is 10.1. The van der Waals surface area contributed by atoms with Crippen molar-refractivity contribution in [3.63, 3.8) is 0 Å². The van der Waals surface area contributed by atoms with Crippen molar-refractivity contribution in [1.29, 1.82) is 0 Å². The fourth-order valence-corrected chi connectivity index (χ4v) is 42.7. The van der Waals surface area contributed by atoms with Crippen LogP contribution in [0.3, 0.4) is 0 Å². The van der Waals surface area contributed by atoms with Crippen LogP contribution in [-0.2, 0) is 49.0 Å². The molecule has 5 aliphatic rings. The standard InChI is InChI=1S/C39H32Si.2CH3.Ti/c1-23-19-32-30-13-7-9-25-15-17-27(36(25)30)21-34(32)38(23)40(3,29-11-5-4-6-12-29)39-24(2)20-33-31-14-8-10-26-16-18-28(37(26)31)22-35(33)39;;;/h4-14,19-22H,15-18H2,1-3H3;2*1H3;. The summed E-state index contributed by atoms with van der Waals surface area (Å²) in [6.45, 7) is 7.91. The first-order valence-electron chi connectivity index (χ1n) is 16.4. The molecule has 0 N–H and O–H groups in total. The number of allylic oxidation sites excluding steroid dienone is 2. The minimum atomic E-state index is -2.86. The van der Waals surface area contributed by atoms with Gasteiger partial charge in [0.25, 0.3) is 0 Å². The Morgan fingerprint density at radius 3 is 1.53 bits per heavy atom. The van der Waals surface area contributed by atoms with Crippen molar-refractivity contribution in [2.45, 2.75) is 63.2 Å². The molecule has 5 aromatic carbocycles. The molecule has 2 atom stereocenters. The van der Waals surface area contributed by atoms with E-state index in [0.717, 1.165) is 0 Å². The Hall–Kier alpha value is -2.97. The fraction of sp³-hybridized carbons (Fsp3) is 0.268. The van der Waals surface area contributed by atoms with Crippen molar-refractivity contribution in [3.05, 3.63) is 135 Å². The molecule has 0 saturated carbocycles. The maximum absolute atomic E-state index is 2.86. The third kappa shape index (κ3) is 2.41. The molecule has 210 valence electrons. The van der Waals surface area contributed by atoms with Crippen LogP contribution in [0.4, 0.5) is 0 Å². The molecule has 43 heavy (non-hydrogen) atoms. The van der Waals surface area contributed by atoms with Crippen molar-refractivity contribution < 1.29 is 16.6 Å². The van der Waals surface area contributed by atoms with E-state index in [9.17, 15) is 0 Å². The molecular formula is C41H38SiTi. The average Bonchev–Trinajstić information content (AvgIpc) is 3.77. The van der Waals surface area contributed by atoms with Crippen molar-refractivity contribution in [1.82, 2.24) is 0 Å². The van der Waals surface area contributed by atoms with Gasteiger partial charge in [0.2, 0.25) is 0 Å². The third-order valence-corrected chi connectivity index (χ3v) is 37.1. The van der Waals surface area contributed by atoms with Gasteiger partial charge < -0.3 is 0 Å². The molecule has 10 rings (SSSR count). The zero-order valence-corrected chi connectivity index (χ0v) is 28.6. The average molecular weight is 607 g/mol. The molecule has 2 unspecified atom stereocenters. The van der Waals surface area contributed by atoms with Crippen LogP contribution in [-0.4, -0.2) is 8.07 Å². The fourth-order valence-electron chi connectivity index (χ4n) is 12.6. The monoisotopic (exact) mass is 606 g/mol. The molecule has 0 radical (unpaired) electrons. The van der Waals surface area contributed by atoms with Crippen LogP contribution < -0.4 is 5.19 Å². The summed E-state index contributed by atoms with van der Waals surface area (Å²) >= 11 is -2.86. The molecule has 0 amide bonds. The predicted octanol–water partition coefficient (Wildman–Crippen LogP) is 9.44. The molecule has 5 aromatic rings. The maximum atomic E-state index is 2.84. The Morgan fingerprint density at radius 1 is 0.581 bits per heavy atom. The molecule has 0 bridgehead atoms. The van der Waals surface area contributed by atoms with Crippen molar-refractivity contribution >= 4 is 47.0 Å². The van der Waals surface area contributed by atoms with Gasteiger partial charge in [0.15, 0.2) is 0 Å². The van der Waals surface area contributed by atoms with Gasteiger partial charge in [-0.05, 0) is 0 Å². The van der Waals surface area contributed by atoms with Gasteiger partial charge in [0.1, 0.15) is 0 Å². The van der Waals surface area contributed by atoms with Crippen molar-refractivity contribution in [3.8, 4) is 0 Å². The predicted molar refractivity (Wildman–Crippen MR) is 183 cm³/mol. The van der Waals surface area contributed by atoms with E-state index in [-0.39, 0.29) is 6.69 Å². The van der Waals surface area contributed by atoms with Crippen LogP contribution in [0.1, 0.15) is 58.4 Å². The van der Waals surface area contributed by atoms with Gasteiger partial charge in [-0.15, -0.1) is 0 Å². The first kappa shape index (κ1) is 25.4. The van der Waals surface area contributed by atoms with E-state index in [1.165, 1.54) is 36.5 Å². The zero-order valence-electron chi connectivity index (χ0n) is 26.0. The first-order chi connectivity index (χ1) is 20.8. The van der Waals surface area contributed by atoms with Crippen LogP contribution in [0.25, 0.3) is 33.7 Å². The van der Waals surface area contributed by atoms with E-state index < -0.39 is 24.7 Å². The van der Waals surface area contributed by atoms with Gasteiger partial charge in [-0.1, -0.05) is 0 Å². The summed E-state index contributed by atoms with van der Waals surface area (Å²) in [5.41, 5.74) is 16.2. The number of hydrogen-bond acceptors (Lipinski definition) is 0. The van der Waals surface area contributed by atoms with E-state index in [1.54, 1.807) is 71.6 Å². The van der Waals surface area contributed by atoms with E-state index in [0.29, 0.717) is 0 Å². The number of rotatable bonds is 1. The second-order valence-electron chi connectivity index (χ2n) is 14.9. The second kappa shape index (κ2) is 7.81. The Balaban J connectivity index is 1.36. The molecular weight excluding hydrogens is 568 g/mol. The minimum absolute atomic E-state index is 0.195. The van der Waals surface area contributed by atoms with E-state index in [1.807, 2.05) is 0 Å². The van der Waals surface area contributed by atoms with Gasteiger partial charge >= 0.3 is 261 Å². The zero-order chi connectivity index (χ0) is 29.1. The SMILES string of the molecule is CC1=Cc2c(cc3c4c(cccc24)CC3)[C]12[Si](C)(c1ccccc1)[C]1(C(C)=Cc3c1cc1c4c(cccc34)CC1)[Ti]2([CH3])[CH3]. The first-order valence-corrected chi connectivity index (χ1v) is 23.6. The summed E-state index contributed by atoms with van der Waals surface area (Å²) in [5.74, 6) is 0. The molecule has 2 spiro atoms. The summed E-state index contributed by atoms with van der Waals surface area (Å²) in [5, 5.41) is 13.5. The summed E-state index contributed by atoms with van der Waals surface area (Å²) < 4.78 is 0.391. The van der Waals surface area contributed by atoms with E-state index in [2.05, 4.69) is 122 Å². The number of fused-ring (bicyclic) bond motifs is 6. The Kier molecular flexibility index (Phi) is 4.61. The Bertz CT molecular complexity index is 2070. The van der Waals surface area contributed by atoms with Crippen LogP contribution in [0.15, 0.2) is 90.0 Å². The van der Waals surface area contributed by atoms with Crippen LogP contribution >= 0.6 is 0 Å². The summed E-state index contributed by atoms with van der Waals surface area (Å²) in [4.78, 5) is 0. The summed E-state index contributed by atoms with van der Waals surface area (Å²) in [7, 11) is -2.34. The topological polar surface area (TPSA) is 0 Å². The molecule has 0 nitrogen and oxygen atoms in total. The van der Waals surface area contributed by atoms with E-state index in [4.69, 9.17) is 0 Å². The number of aryl methyl sites for hydroxylation is 4. The Labute approximate surface area is 259 Å². The number of hydrogen-bond donors (Lipinski definition) is 0. The third-order valence-electron chi connectivity index (χ3n) is 13.5. The van der Waals surface area contributed by atoms with Gasteiger partial charge in [-0.3, -0.25) is 0 Å². The van der Waals surface area contributed by atoms with Crippen molar-refractivity contribution in [2.75, 3.05) is 0 Å². The van der Waals surface area contributed by atoms with Crippen LogP contribution in [0.5, 0.6) is 0 Å². The molecule has 2 heteroatoms. The molecule has 1 heterocycles.